The molecule has 1 aromatic heterocycles. The minimum Gasteiger partial charge on any atom is -0.390 e. The van der Waals surface area contributed by atoms with E-state index in [-0.39, 0.29) is 5.95 Å². The number of aryl methyl sites for hydroxylation is 1. The van der Waals surface area contributed by atoms with Crippen molar-refractivity contribution in [1.82, 2.24) is 14.8 Å². The van der Waals surface area contributed by atoms with Gasteiger partial charge in [0.05, 0.1) is 6.54 Å². The van der Waals surface area contributed by atoms with Gasteiger partial charge in [-0.25, -0.2) is 0 Å². The first-order valence-corrected chi connectivity index (χ1v) is 6.19. The van der Waals surface area contributed by atoms with E-state index in [1.807, 2.05) is 0 Å². The molecular weight excluding hydrogens is 220 g/mol. The van der Waals surface area contributed by atoms with Crippen molar-refractivity contribution in [2.45, 2.75) is 45.6 Å². The minimum absolute atomic E-state index is 0.304. The monoisotopic (exact) mass is 238 g/mol. The lowest BCUT2D eigenvalue weighted by atomic mass is 9.81. The Bertz CT molecular complexity index is 391. The van der Waals surface area contributed by atoms with Gasteiger partial charge >= 0.3 is 5.95 Å². The highest BCUT2D eigenvalue weighted by atomic mass is 16.6. The summed E-state index contributed by atoms with van der Waals surface area (Å²) in [5, 5.41) is 14.3. The summed E-state index contributed by atoms with van der Waals surface area (Å²) in [6, 6.07) is 0. The van der Waals surface area contributed by atoms with Crippen LogP contribution in [0.4, 0.5) is 5.95 Å². The first-order valence-electron chi connectivity index (χ1n) is 6.19. The summed E-state index contributed by atoms with van der Waals surface area (Å²) in [5.41, 5.74) is 0. The van der Waals surface area contributed by atoms with E-state index in [0.29, 0.717) is 0 Å². The maximum atomic E-state index is 10.4. The summed E-state index contributed by atoms with van der Waals surface area (Å²) >= 11 is 0. The Morgan fingerprint density at radius 1 is 1.59 bits per heavy atom. The van der Waals surface area contributed by atoms with Gasteiger partial charge < -0.3 is 10.1 Å². The zero-order valence-electron chi connectivity index (χ0n) is 10.1. The van der Waals surface area contributed by atoms with Gasteiger partial charge in [0.2, 0.25) is 6.33 Å². The largest absolute Gasteiger partial charge is 0.490 e. The predicted octanol–water partition coefficient (Wildman–Crippen LogP) is 2.40. The van der Waals surface area contributed by atoms with E-state index in [1.54, 1.807) is 4.68 Å². The van der Waals surface area contributed by atoms with Gasteiger partial charge in [-0.15, -0.1) is 0 Å². The van der Waals surface area contributed by atoms with Crippen LogP contribution in [0.5, 0.6) is 0 Å². The van der Waals surface area contributed by atoms with Crippen LogP contribution in [-0.4, -0.2) is 19.7 Å². The van der Waals surface area contributed by atoms with Crippen molar-refractivity contribution in [3.63, 3.8) is 0 Å². The zero-order chi connectivity index (χ0) is 12.3. The molecule has 0 N–H and O–H groups in total. The van der Waals surface area contributed by atoms with E-state index in [1.165, 1.54) is 32.0 Å². The molecule has 1 aromatic rings. The number of hydrogen-bond acceptors (Lipinski definition) is 4. The topological polar surface area (TPSA) is 73.8 Å². The second kappa shape index (κ2) is 5.25. The molecule has 0 bridgehead atoms. The summed E-state index contributed by atoms with van der Waals surface area (Å²) in [4.78, 5) is 13.5. The SMILES string of the molecule is C[C@@H]1CCC[C@H](CCn2cnc([N+](=O)[O-])n2)C1. The third-order valence-corrected chi connectivity index (χ3v) is 3.50. The molecule has 1 aliphatic carbocycles. The highest BCUT2D eigenvalue weighted by molar-refractivity contribution is 4.96. The van der Waals surface area contributed by atoms with Crippen LogP contribution in [0.2, 0.25) is 0 Å². The first-order chi connectivity index (χ1) is 8.15. The highest BCUT2D eigenvalue weighted by Gasteiger charge is 2.20. The Kier molecular flexibility index (Phi) is 3.71. The van der Waals surface area contributed by atoms with Crippen molar-refractivity contribution < 1.29 is 4.92 Å². The number of nitro groups is 1. The smallest absolute Gasteiger partial charge is 0.390 e. The fraction of sp³-hybridized carbons (Fsp3) is 0.818. The van der Waals surface area contributed by atoms with E-state index in [9.17, 15) is 10.1 Å². The highest BCUT2D eigenvalue weighted by Crippen LogP contribution is 2.30. The third kappa shape index (κ3) is 3.25. The Morgan fingerprint density at radius 2 is 2.41 bits per heavy atom. The molecule has 1 saturated carbocycles. The van der Waals surface area contributed by atoms with E-state index < -0.39 is 4.92 Å². The van der Waals surface area contributed by atoms with E-state index in [2.05, 4.69) is 17.0 Å². The number of aromatic nitrogens is 3. The molecular formula is C11H18N4O2. The van der Waals surface area contributed by atoms with Crippen molar-refractivity contribution in [2.24, 2.45) is 11.8 Å². The van der Waals surface area contributed by atoms with Crippen LogP contribution in [0.3, 0.4) is 0 Å². The molecule has 1 heterocycles. The molecule has 0 aliphatic heterocycles. The lowest BCUT2D eigenvalue weighted by Gasteiger charge is -2.26. The van der Waals surface area contributed by atoms with Gasteiger partial charge in [0.15, 0.2) is 0 Å². The lowest BCUT2D eigenvalue weighted by molar-refractivity contribution is -0.394. The molecule has 6 heteroatoms. The van der Waals surface area contributed by atoms with Crippen molar-refractivity contribution in [3.05, 3.63) is 16.4 Å². The van der Waals surface area contributed by atoms with E-state index >= 15 is 0 Å². The molecule has 0 amide bonds. The molecule has 1 fully saturated rings. The van der Waals surface area contributed by atoms with Gasteiger partial charge in [-0.3, -0.25) is 0 Å². The lowest BCUT2D eigenvalue weighted by Crippen LogP contribution is -2.15. The molecule has 2 atom stereocenters. The second-order valence-electron chi connectivity index (χ2n) is 4.99. The van der Waals surface area contributed by atoms with Crippen LogP contribution < -0.4 is 0 Å². The van der Waals surface area contributed by atoms with E-state index in [0.717, 1.165) is 24.8 Å². The van der Waals surface area contributed by atoms with Crippen LogP contribution in [0.15, 0.2) is 6.33 Å². The molecule has 17 heavy (non-hydrogen) atoms. The Morgan fingerprint density at radius 3 is 3.06 bits per heavy atom. The molecule has 0 aromatic carbocycles. The molecule has 94 valence electrons. The normalized spacial score (nSPS) is 24.8. The van der Waals surface area contributed by atoms with Gasteiger partial charge in [0.25, 0.3) is 0 Å². The van der Waals surface area contributed by atoms with Gasteiger partial charge in [0, 0.05) is 5.10 Å². The van der Waals surface area contributed by atoms with Crippen LogP contribution in [0.1, 0.15) is 39.0 Å². The number of nitrogens with zero attached hydrogens (tertiary/aromatic N) is 4. The Hall–Kier alpha value is -1.46. The van der Waals surface area contributed by atoms with Gasteiger partial charge in [-0.2, -0.15) is 4.68 Å². The standard InChI is InChI=1S/C11H18N4O2/c1-9-3-2-4-10(7-9)5-6-14-8-12-11(13-14)15(16)17/h8-10H,2-7H2,1H3/t9-,10-/m1/s1. The van der Waals surface area contributed by atoms with E-state index in [4.69, 9.17) is 0 Å². The van der Waals surface area contributed by atoms with Crippen molar-refractivity contribution in [3.8, 4) is 0 Å². The summed E-state index contributed by atoms with van der Waals surface area (Å²) in [7, 11) is 0. The summed E-state index contributed by atoms with van der Waals surface area (Å²) < 4.78 is 1.58. The fourth-order valence-electron chi connectivity index (χ4n) is 2.61. The minimum atomic E-state index is -0.556. The molecule has 2 rings (SSSR count). The van der Waals surface area contributed by atoms with Gasteiger partial charge in [-0.1, -0.05) is 31.2 Å². The molecule has 6 nitrogen and oxygen atoms in total. The van der Waals surface area contributed by atoms with Gasteiger partial charge in [0.1, 0.15) is 0 Å². The number of rotatable bonds is 4. The van der Waals surface area contributed by atoms with Crippen LogP contribution in [0, 0.1) is 22.0 Å². The Labute approximate surface area is 100 Å². The molecule has 0 unspecified atom stereocenters. The summed E-state index contributed by atoms with van der Waals surface area (Å²) in [6.07, 6.45) is 7.70. The first kappa shape index (κ1) is 12.0. The molecule has 1 aliphatic rings. The van der Waals surface area contributed by atoms with Crippen LogP contribution in [0.25, 0.3) is 0 Å². The third-order valence-electron chi connectivity index (χ3n) is 3.50. The maximum Gasteiger partial charge on any atom is 0.490 e. The quantitative estimate of drug-likeness (QED) is 0.596. The summed E-state index contributed by atoms with van der Waals surface area (Å²) in [6.45, 7) is 3.03. The average molecular weight is 238 g/mol. The average Bonchev–Trinajstić information content (AvgIpc) is 2.75. The Balaban J connectivity index is 1.82. The molecule has 0 saturated heterocycles. The van der Waals surface area contributed by atoms with Crippen molar-refractivity contribution in [2.75, 3.05) is 0 Å². The van der Waals surface area contributed by atoms with Gasteiger partial charge in [-0.05, 0) is 29.6 Å². The zero-order valence-corrected chi connectivity index (χ0v) is 10.1. The van der Waals surface area contributed by atoms with Crippen LogP contribution in [-0.2, 0) is 6.54 Å². The molecule has 0 radical (unpaired) electrons. The maximum absolute atomic E-state index is 10.4. The fourth-order valence-corrected chi connectivity index (χ4v) is 2.61. The molecule has 0 spiro atoms. The summed E-state index contributed by atoms with van der Waals surface area (Å²) in [5.74, 6) is 1.25. The second-order valence-corrected chi connectivity index (χ2v) is 4.99. The van der Waals surface area contributed by atoms with Crippen LogP contribution >= 0.6 is 0 Å². The predicted molar refractivity (Wildman–Crippen MR) is 62.4 cm³/mol. The number of hydrogen-bond donors (Lipinski definition) is 0. The van der Waals surface area contributed by atoms with Crippen molar-refractivity contribution in [1.29, 1.82) is 0 Å². The van der Waals surface area contributed by atoms with Crippen molar-refractivity contribution >= 4 is 5.95 Å².